The molecule has 0 spiro atoms. The minimum atomic E-state index is -1.06. The number of imidazole rings is 2. The second-order valence-electron chi connectivity index (χ2n) is 14.4. The van der Waals surface area contributed by atoms with Crippen LogP contribution in [-0.4, -0.2) is 104 Å². The van der Waals surface area contributed by atoms with Crippen LogP contribution in [-0.2, 0) is 30.2 Å². The van der Waals surface area contributed by atoms with Gasteiger partial charge in [-0.1, -0.05) is 48.5 Å². The predicted octanol–water partition coefficient (Wildman–Crippen LogP) is 5.32. The van der Waals surface area contributed by atoms with E-state index in [2.05, 4.69) is 42.4 Å². The van der Waals surface area contributed by atoms with Crippen LogP contribution in [0.2, 0.25) is 0 Å². The van der Waals surface area contributed by atoms with Gasteiger partial charge in [0.15, 0.2) is 6.10 Å². The van der Waals surface area contributed by atoms with Crippen LogP contribution in [0.5, 0.6) is 0 Å². The number of hydrogen-bond donors (Lipinski definition) is 4. The number of nitrogens with zero attached hydrogens (tertiary/aromatic N) is 5. The number of likely N-dealkylation sites (tertiary alicyclic amines) is 2. The number of H-pyrrole nitrogens is 2. The summed E-state index contributed by atoms with van der Waals surface area (Å²) in [4.78, 5) is 74.7. The van der Waals surface area contributed by atoms with Crippen LogP contribution >= 0.6 is 0 Å². The van der Waals surface area contributed by atoms with Gasteiger partial charge in [-0.05, 0) is 72.6 Å². The lowest BCUT2D eigenvalue weighted by atomic mass is 10.0. The molecule has 4 amide bonds. The van der Waals surface area contributed by atoms with Gasteiger partial charge in [-0.3, -0.25) is 14.6 Å². The third-order valence-electron chi connectivity index (χ3n) is 10.9. The first-order valence-electron chi connectivity index (χ1n) is 19.3. The van der Waals surface area contributed by atoms with Crippen molar-refractivity contribution in [2.75, 3.05) is 27.3 Å². The minimum absolute atomic E-state index is 0.189. The Bertz CT molecular complexity index is 2210. The fourth-order valence-corrected chi connectivity index (χ4v) is 7.74. The molecule has 58 heavy (non-hydrogen) atoms. The second-order valence-corrected chi connectivity index (χ2v) is 14.4. The molecule has 5 N–H and O–H groups in total. The highest BCUT2D eigenvalue weighted by molar-refractivity contribution is 5.87. The third-order valence-corrected chi connectivity index (χ3v) is 10.9. The first kappa shape index (κ1) is 39.7. The number of aromatic nitrogens is 5. The van der Waals surface area contributed by atoms with Gasteiger partial charge in [-0.15, -0.1) is 0 Å². The summed E-state index contributed by atoms with van der Waals surface area (Å²) in [6.45, 7) is 2.78. The molecule has 2 saturated heterocycles. The number of amides is 4. The zero-order valence-electron chi connectivity index (χ0n) is 32.6. The molecule has 2 aromatic carbocycles. The van der Waals surface area contributed by atoms with Crippen LogP contribution in [0.3, 0.4) is 0 Å². The Hall–Kier alpha value is -6.55. The quantitative estimate of drug-likeness (QED) is 0.121. The van der Waals surface area contributed by atoms with Crippen molar-refractivity contribution in [1.82, 2.24) is 40.0 Å². The van der Waals surface area contributed by atoms with Crippen molar-refractivity contribution < 1.29 is 33.4 Å². The Labute approximate surface area is 335 Å². The van der Waals surface area contributed by atoms with Gasteiger partial charge in [-0.25, -0.2) is 19.6 Å². The standard InChI is InChI=1S/C42H47N9O7/c1-25(56-2)36(49-42(55)57-3)40(53)51-21-5-7-34(51)38-46-24-32(48-38)30-14-10-28(11-15-30)27-8-12-29(13-9-27)31-23-45-37(47-31)33-6-4-20-50(33)39(52)35(58-41(43)54)22-26-16-18-44-19-17-26/h8-19,23-25,33-36H,4-7,20-22H2,1-3H3,(H2,43,54)(H,45,47)(H,46,48)(H,49,55)/t25-,33+,34?,35+,36?/m1/s1. The summed E-state index contributed by atoms with van der Waals surface area (Å²) in [6, 6.07) is 18.4. The Morgan fingerprint density at radius 3 is 1.76 bits per heavy atom. The molecule has 2 aliphatic rings. The fourth-order valence-electron chi connectivity index (χ4n) is 7.74. The van der Waals surface area contributed by atoms with Crippen LogP contribution < -0.4 is 11.1 Å². The summed E-state index contributed by atoms with van der Waals surface area (Å²) < 4.78 is 15.4. The monoisotopic (exact) mass is 789 g/mol. The summed E-state index contributed by atoms with van der Waals surface area (Å²) in [5, 5.41) is 2.62. The van der Waals surface area contributed by atoms with Crippen molar-refractivity contribution in [2.24, 2.45) is 5.73 Å². The molecule has 5 atom stereocenters. The van der Waals surface area contributed by atoms with Crippen molar-refractivity contribution in [3.63, 3.8) is 0 Å². The van der Waals surface area contributed by atoms with E-state index < -0.39 is 30.4 Å². The summed E-state index contributed by atoms with van der Waals surface area (Å²) in [5.74, 6) is 0.774. The number of carbonyl (C=O) groups is 4. The molecule has 16 nitrogen and oxygen atoms in total. The van der Waals surface area contributed by atoms with Crippen molar-refractivity contribution in [2.45, 2.75) is 69.4 Å². The van der Waals surface area contributed by atoms with Crippen molar-refractivity contribution in [3.05, 3.63) is 103 Å². The second kappa shape index (κ2) is 17.7. The highest BCUT2D eigenvalue weighted by atomic mass is 16.6. The highest BCUT2D eigenvalue weighted by Gasteiger charge is 2.39. The molecule has 5 aromatic rings. The lowest BCUT2D eigenvalue weighted by Crippen LogP contribution is -2.54. The van der Waals surface area contributed by atoms with Gasteiger partial charge in [-0.2, -0.15) is 0 Å². The number of nitrogens with two attached hydrogens (primary N) is 1. The number of rotatable bonds is 13. The number of nitrogens with one attached hydrogen (secondary N) is 3. The SMILES string of the molecule is COC(=O)NC(C(=O)N1CCCC1c1ncc(-c2ccc(-c3ccc(-c4cnc([C@@H]5CCCN5C(=O)[C@H](Cc5ccncc5)OC(N)=O)[nH]4)cc3)cc2)[nH]1)[C@@H](C)OC. The number of primary amides is 1. The Kier molecular flexibility index (Phi) is 12.1. The Morgan fingerprint density at radius 1 is 0.776 bits per heavy atom. The first-order valence-corrected chi connectivity index (χ1v) is 19.3. The topological polar surface area (TPSA) is 211 Å². The fraction of sp³-hybridized carbons (Fsp3) is 0.357. The van der Waals surface area contributed by atoms with E-state index >= 15 is 0 Å². The van der Waals surface area contributed by atoms with Crippen molar-refractivity contribution >= 4 is 24.0 Å². The number of ether oxygens (including phenoxy) is 3. The van der Waals surface area contributed by atoms with Gasteiger partial charge in [0.2, 0.25) is 5.91 Å². The van der Waals surface area contributed by atoms with E-state index in [-0.39, 0.29) is 30.3 Å². The van der Waals surface area contributed by atoms with Crippen LogP contribution in [0, 0.1) is 0 Å². The van der Waals surface area contributed by atoms with Gasteiger partial charge < -0.3 is 45.0 Å². The summed E-state index contributed by atoms with van der Waals surface area (Å²) in [7, 11) is 2.75. The van der Waals surface area contributed by atoms with E-state index in [9.17, 15) is 19.2 Å². The number of methoxy groups -OCH3 is 2. The number of hydrogen-bond acceptors (Lipinski definition) is 10. The number of pyridine rings is 1. The van der Waals surface area contributed by atoms with E-state index in [4.69, 9.17) is 19.9 Å². The molecule has 0 radical (unpaired) electrons. The molecule has 0 bridgehead atoms. The molecule has 5 heterocycles. The normalized spacial score (nSPS) is 18.1. The van der Waals surface area contributed by atoms with Crippen molar-refractivity contribution in [1.29, 1.82) is 0 Å². The van der Waals surface area contributed by atoms with Crippen LogP contribution in [0.4, 0.5) is 9.59 Å². The van der Waals surface area contributed by atoms with Crippen LogP contribution in [0.25, 0.3) is 33.6 Å². The zero-order chi connectivity index (χ0) is 40.8. The maximum Gasteiger partial charge on any atom is 0.407 e. The molecule has 3 aromatic heterocycles. The van der Waals surface area contributed by atoms with Crippen LogP contribution in [0.1, 0.15) is 61.9 Å². The van der Waals surface area contributed by atoms with E-state index in [0.717, 1.165) is 64.9 Å². The van der Waals surface area contributed by atoms with Gasteiger partial charge in [0.25, 0.3) is 5.91 Å². The molecule has 7 rings (SSSR count). The van der Waals surface area contributed by atoms with Gasteiger partial charge in [0.1, 0.15) is 17.7 Å². The Balaban J connectivity index is 0.999. The zero-order valence-corrected chi connectivity index (χ0v) is 32.6. The van der Waals surface area contributed by atoms with E-state index in [1.807, 2.05) is 36.4 Å². The lowest BCUT2D eigenvalue weighted by molar-refractivity contribution is -0.141. The maximum absolute atomic E-state index is 13.7. The lowest BCUT2D eigenvalue weighted by Gasteiger charge is -2.30. The molecule has 2 fully saturated rings. The van der Waals surface area contributed by atoms with Gasteiger partial charge in [0, 0.05) is 39.0 Å². The van der Waals surface area contributed by atoms with Crippen molar-refractivity contribution in [3.8, 4) is 33.6 Å². The molecule has 0 saturated carbocycles. The molecule has 302 valence electrons. The van der Waals surface area contributed by atoms with Gasteiger partial charge in [0.05, 0.1) is 49.1 Å². The smallest absolute Gasteiger partial charge is 0.407 e. The third kappa shape index (κ3) is 8.71. The molecule has 0 aliphatic carbocycles. The van der Waals surface area contributed by atoms with Gasteiger partial charge >= 0.3 is 12.2 Å². The summed E-state index contributed by atoms with van der Waals surface area (Å²) >= 11 is 0. The minimum Gasteiger partial charge on any atom is -0.453 e. The number of carbonyl (C=O) groups excluding carboxylic acids is 4. The largest absolute Gasteiger partial charge is 0.453 e. The highest BCUT2D eigenvalue weighted by Crippen LogP contribution is 2.35. The number of alkyl carbamates (subject to hydrolysis) is 1. The average Bonchev–Trinajstić information content (AvgIpc) is 4.09. The molecule has 2 unspecified atom stereocenters. The Morgan fingerprint density at radius 2 is 1.28 bits per heavy atom. The maximum atomic E-state index is 13.7. The average molecular weight is 790 g/mol. The van der Waals surface area contributed by atoms with E-state index in [1.165, 1.54) is 14.2 Å². The van der Waals surface area contributed by atoms with Crippen LogP contribution in [0.15, 0.2) is 85.5 Å². The summed E-state index contributed by atoms with van der Waals surface area (Å²) in [6.07, 6.45) is 6.70. The first-order chi connectivity index (χ1) is 28.1. The molecule has 2 aliphatic heterocycles. The van der Waals surface area contributed by atoms with E-state index in [1.54, 1.807) is 53.6 Å². The molecular weight excluding hydrogens is 743 g/mol. The summed E-state index contributed by atoms with van der Waals surface area (Å²) in [5.41, 5.74) is 11.7. The predicted molar refractivity (Wildman–Crippen MR) is 213 cm³/mol. The molecule has 16 heteroatoms. The van der Waals surface area contributed by atoms with E-state index in [0.29, 0.717) is 24.7 Å². The number of aromatic amines is 2. The molecular formula is C42H47N9O7. The number of benzene rings is 2.